The van der Waals surface area contributed by atoms with Gasteiger partial charge in [-0.1, -0.05) is 88.3 Å². The summed E-state index contributed by atoms with van der Waals surface area (Å²) in [6.45, 7) is 0. The Labute approximate surface area is 170 Å². The van der Waals surface area contributed by atoms with Gasteiger partial charge in [-0.25, -0.2) is 0 Å². The molecule has 0 fully saturated rings. The van der Waals surface area contributed by atoms with Crippen molar-refractivity contribution in [1.82, 2.24) is 5.32 Å². The molecule has 0 spiro atoms. The zero-order valence-electron chi connectivity index (χ0n) is 12.6. The molecule has 0 saturated heterocycles. The number of amides is 1. The van der Waals surface area contributed by atoms with Gasteiger partial charge in [0.1, 0.15) is 6.17 Å². The molecule has 0 aliphatic rings. The number of anilines is 1. The van der Waals surface area contributed by atoms with E-state index in [1.54, 1.807) is 24.3 Å². The molecule has 8 heteroatoms. The van der Waals surface area contributed by atoms with Crippen LogP contribution in [0.15, 0.2) is 54.6 Å². The summed E-state index contributed by atoms with van der Waals surface area (Å²) in [5.74, 6) is -0.423. The van der Waals surface area contributed by atoms with Crippen LogP contribution >= 0.6 is 58.0 Å². The maximum absolute atomic E-state index is 12.1. The average molecular weight is 439 g/mol. The van der Waals surface area contributed by atoms with Crippen molar-refractivity contribution in [1.29, 1.82) is 0 Å². The van der Waals surface area contributed by atoms with Crippen LogP contribution in [0, 0.1) is 0 Å². The number of carbonyl (C=O) groups excluding carboxylic acids is 1. The van der Waals surface area contributed by atoms with Crippen LogP contribution in [0.2, 0.25) is 10.0 Å². The summed E-state index contributed by atoms with van der Waals surface area (Å²) in [6, 6.07) is 14.2. The second-order valence-corrected chi connectivity index (χ2v) is 8.18. The number of rotatable bonds is 5. The molecular formula is C17H13Cl5N2O. The molecule has 0 heterocycles. The SMILES string of the molecule is O=C(/C=C/c1ccccc1)N[C@H](Nc1ccc(Cl)c(Cl)c1)C(Cl)(Cl)Cl. The smallest absolute Gasteiger partial charge is 0.245 e. The van der Waals surface area contributed by atoms with Crippen LogP contribution in [-0.4, -0.2) is 15.9 Å². The number of carbonyl (C=O) groups is 1. The molecule has 0 saturated carbocycles. The van der Waals surface area contributed by atoms with Gasteiger partial charge in [0.2, 0.25) is 9.70 Å². The summed E-state index contributed by atoms with van der Waals surface area (Å²) in [4.78, 5) is 12.1. The Kier molecular flexibility index (Phi) is 7.29. The molecule has 132 valence electrons. The van der Waals surface area contributed by atoms with Gasteiger partial charge in [-0.05, 0) is 29.8 Å². The van der Waals surface area contributed by atoms with E-state index in [0.717, 1.165) is 5.56 Å². The van der Waals surface area contributed by atoms with E-state index in [0.29, 0.717) is 15.7 Å². The van der Waals surface area contributed by atoms with Crippen molar-refractivity contribution in [3.05, 3.63) is 70.2 Å². The van der Waals surface area contributed by atoms with Gasteiger partial charge in [-0.15, -0.1) is 0 Å². The van der Waals surface area contributed by atoms with E-state index in [9.17, 15) is 4.79 Å². The molecule has 0 aliphatic heterocycles. The molecule has 2 aromatic carbocycles. The molecule has 0 aliphatic carbocycles. The van der Waals surface area contributed by atoms with Crippen molar-refractivity contribution in [2.75, 3.05) is 5.32 Å². The summed E-state index contributed by atoms with van der Waals surface area (Å²) in [5, 5.41) is 6.25. The Morgan fingerprint density at radius 3 is 2.28 bits per heavy atom. The lowest BCUT2D eigenvalue weighted by atomic mass is 10.2. The van der Waals surface area contributed by atoms with Crippen LogP contribution in [0.4, 0.5) is 5.69 Å². The van der Waals surface area contributed by atoms with Gasteiger partial charge in [0.15, 0.2) is 0 Å². The van der Waals surface area contributed by atoms with E-state index in [-0.39, 0.29) is 0 Å². The topological polar surface area (TPSA) is 41.1 Å². The normalized spacial score (nSPS) is 12.8. The summed E-state index contributed by atoms with van der Waals surface area (Å²) in [5.41, 5.74) is 1.42. The van der Waals surface area contributed by atoms with Gasteiger partial charge < -0.3 is 10.6 Å². The van der Waals surface area contributed by atoms with Crippen LogP contribution < -0.4 is 10.6 Å². The van der Waals surface area contributed by atoms with Gasteiger partial charge in [0.05, 0.1) is 10.0 Å². The minimum atomic E-state index is -1.79. The molecule has 0 radical (unpaired) electrons. The Morgan fingerprint density at radius 1 is 1.00 bits per heavy atom. The van der Waals surface area contributed by atoms with Gasteiger partial charge in [0.25, 0.3) is 0 Å². The second kappa shape index (κ2) is 9.02. The molecule has 3 nitrogen and oxygen atoms in total. The molecule has 0 aromatic heterocycles. The summed E-state index contributed by atoms with van der Waals surface area (Å²) in [7, 11) is 0. The first kappa shape index (κ1) is 20.2. The standard InChI is InChI=1S/C17H13Cl5N2O/c18-13-8-7-12(10-14(13)19)23-16(17(20,21)22)24-15(25)9-6-11-4-2-1-3-5-11/h1-10,16,23H,(H,24,25)/b9-6+/t16-/m0/s1. The first-order valence-corrected chi connectivity index (χ1v) is 8.96. The average Bonchev–Trinajstić information content (AvgIpc) is 2.56. The first-order chi connectivity index (χ1) is 11.8. The van der Waals surface area contributed by atoms with E-state index >= 15 is 0 Å². The fourth-order valence-corrected chi connectivity index (χ4v) is 2.50. The lowest BCUT2D eigenvalue weighted by molar-refractivity contribution is -0.116. The van der Waals surface area contributed by atoms with Crippen molar-refractivity contribution in [2.24, 2.45) is 0 Å². The molecule has 1 amide bonds. The predicted molar refractivity (Wildman–Crippen MR) is 108 cm³/mol. The molecule has 0 unspecified atom stereocenters. The third kappa shape index (κ3) is 6.61. The van der Waals surface area contributed by atoms with Crippen molar-refractivity contribution >= 4 is 75.7 Å². The van der Waals surface area contributed by atoms with Crippen LogP contribution in [-0.2, 0) is 4.79 Å². The summed E-state index contributed by atoms with van der Waals surface area (Å²) >= 11 is 29.7. The number of hydrogen-bond acceptors (Lipinski definition) is 2. The Hall–Kier alpha value is -1.10. The van der Waals surface area contributed by atoms with Crippen LogP contribution in [0.5, 0.6) is 0 Å². The van der Waals surface area contributed by atoms with E-state index < -0.39 is 15.9 Å². The highest BCUT2D eigenvalue weighted by Gasteiger charge is 2.33. The maximum Gasteiger partial charge on any atom is 0.245 e. The predicted octanol–water partition coefficient (Wildman–Crippen LogP) is 5.93. The largest absolute Gasteiger partial charge is 0.362 e. The van der Waals surface area contributed by atoms with Crippen molar-refractivity contribution in [3.63, 3.8) is 0 Å². The summed E-state index contributed by atoms with van der Waals surface area (Å²) in [6.07, 6.45) is 2.03. The van der Waals surface area contributed by atoms with E-state index in [2.05, 4.69) is 10.6 Å². The summed E-state index contributed by atoms with van der Waals surface area (Å²) < 4.78 is -1.79. The second-order valence-electron chi connectivity index (χ2n) is 5.00. The molecule has 0 bridgehead atoms. The van der Waals surface area contributed by atoms with Gasteiger partial charge in [0, 0.05) is 11.8 Å². The first-order valence-electron chi connectivity index (χ1n) is 7.07. The third-order valence-electron chi connectivity index (χ3n) is 3.07. The molecule has 2 N–H and O–H groups in total. The molecule has 2 rings (SSSR count). The number of halogens is 5. The maximum atomic E-state index is 12.1. The van der Waals surface area contributed by atoms with E-state index in [4.69, 9.17) is 58.0 Å². The third-order valence-corrected chi connectivity index (χ3v) is 4.46. The van der Waals surface area contributed by atoms with Gasteiger partial charge in [-0.2, -0.15) is 0 Å². The minimum absolute atomic E-state index is 0.338. The quantitative estimate of drug-likeness (QED) is 0.345. The van der Waals surface area contributed by atoms with E-state index in [1.807, 2.05) is 30.3 Å². The number of nitrogens with one attached hydrogen (secondary N) is 2. The highest BCUT2D eigenvalue weighted by molar-refractivity contribution is 6.68. The Balaban J connectivity index is 2.08. The Bertz CT molecular complexity index is 759. The zero-order valence-corrected chi connectivity index (χ0v) is 16.4. The number of alkyl halides is 3. The highest BCUT2D eigenvalue weighted by Crippen LogP contribution is 2.32. The zero-order chi connectivity index (χ0) is 18.4. The van der Waals surface area contributed by atoms with Crippen LogP contribution in [0.3, 0.4) is 0 Å². The molecule has 2 aromatic rings. The Morgan fingerprint density at radius 2 is 1.68 bits per heavy atom. The van der Waals surface area contributed by atoms with Crippen LogP contribution in [0.1, 0.15) is 5.56 Å². The van der Waals surface area contributed by atoms with Crippen LogP contribution in [0.25, 0.3) is 6.08 Å². The molecular weight excluding hydrogens is 425 g/mol. The van der Waals surface area contributed by atoms with Crippen molar-refractivity contribution in [2.45, 2.75) is 9.96 Å². The minimum Gasteiger partial charge on any atom is -0.362 e. The van der Waals surface area contributed by atoms with Crippen molar-refractivity contribution < 1.29 is 4.79 Å². The lowest BCUT2D eigenvalue weighted by Crippen LogP contribution is -2.48. The monoisotopic (exact) mass is 436 g/mol. The fraction of sp³-hybridized carbons (Fsp3) is 0.118. The lowest BCUT2D eigenvalue weighted by Gasteiger charge is -2.27. The number of hydrogen-bond donors (Lipinski definition) is 2. The molecule has 25 heavy (non-hydrogen) atoms. The van der Waals surface area contributed by atoms with Gasteiger partial charge >= 0.3 is 0 Å². The number of benzene rings is 2. The van der Waals surface area contributed by atoms with Crippen molar-refractivity contribution in [3.8, 4) is 0 Å². The molecule has 1 atom stereocenters. The highest BCUT2D eigenvalue weighted by atomic mass is 35.6. The van der Waals surface area contributed by atoms with E-state index in [1.165, 1.54) is 6.08 Å². The fourth-order valence-electron chi connectivity index (χ4n) is 1.88. The van der Waals surface area contributed by atoms with Gasteiger partial charge in [-0.3, -0.25) is 4.79 Å².